The van der Waals surface area contributed by atoms with Crippen LogP contribution in [0.1, 0.15) is 39.5 Å². The van der Waals surface area contributed by atoms with Crippen molar-refractivity contribution in [2.75, 3.05) is 18.6 Å². The minimum absolute atomic E-state index is 0.0695. The molecule has 16 heavy (non-hydrogen) atoms. The first-order valence-electron chi connectivity index (χ1n) is 6.23. The number of ether oxygens (including phenoxy) is 1. The Kier molecular flexibility index (Phi) is 4.15. The van der Waals surface area contributed by atoms with Gasteiger partial charge in [-0.1, -0.05) is 0 Å². The molecule has 0 aliphatic carbocycles. The van der Waals surface area contributed by atoms with E-state index in [1.54, 1.807) is 0 Å². The third-order valence-corrected chi connectivity index (χ3v) is 7.38. The number of hydrogen-bond acceptors (Lipinski definition) is 4. The monoisotopic (exact) mass is 261 g/mol. The Balaban J connectivity index is 2.17. The van der Waals surface area contributed by atoms with Crippen LogP contribution in [0.5, 0.6) is 0 Å². The van der Waals surface area contributed by atoms with E-state index in [0.29, 0.717) is 6.04 Å². The van der Waals surface area contributed by atoms with Gasteiger partial charge >= 0.3 is 0 Å². The number of methoxy groups -OCH3 is 1. The first-order chi connectivity index (χ1) is 7.62. The van der Waals surface area contributed by atoms with E-state index in [1.165, 1.54) is 37.2 Å². The average Bonchev–Trinajstić information content (AvgIpc) is 2.29. The Morgan fingerprint density at radius 1 is 1.25 bits per heavy atom. The second-order valence-electron chi connectivity index (χ2n) is 5.08. The molecule has 0 spiro atoms. The first-order valence-corrected chi connectivity index (χ1v) is 8.20. The summed E-state index contributed by atoms with van der Waals surface area (Å²) < 4.78 is 5.86. The molecular weight excluding hydrogens is 238 g/mol. The van der Waals surface area contributed by atoms with Crippen LogP contribution in [-0.2, 0) is 4.74 Å². The Labute approximate surface area is 108 Å². The van der Waals surface area contributed by atoms with Crippen LogP contribution in [0.25, 0.3) is 0 Å². The molecule has 1 unspecified atom stereocenters. The summed E-state index contributed by atoms with van der Waals surface area (Å²) in [6.45, 7) is 4.64. The SMILES string of the molecule is COC1([C@]2(C)CCCC(C)N2)SCCCS1. The molecule has 2 aliphatic heterocycles. The highest BCUT2D eigenvalue weighted by molar-refractivity contribution is 8.18. The molecule has 94 valence electrons. The van der Waals surface area contributed by atoms with E-state index in [9.17, 15) is 0 Å². The Morgan fingerprint density at radius 2 is 1.94 bits per heavy atom. The van der Waals surface area contributed by atoms with Gasteiger partial charge in [0.25, 0.3) is 0 Å². The summed E-state index contributed by atoms with van der Waals surface area (Å²) in [6, 6.07) is 0.619. The molecule has 1 N–H and O–H groups in total. The Bertz CT molecular complexity index is 243. The van der Waals surface area contributed by atoms with Crippen molar-refractivity contribution in [1.29, 1.82) is 0 Å². The molecular formula is C12H23NOS2. The standard InChI is InChI=1S/C12H23NOS2/c1-10-6-4-7-11(2,13-10)12(14-3)15-8-5-9-16-12/h10,13H,4-9H2,1-3H3/t10?,11-/m0/s1. The maximum absolute atomic E-state index is 5.93. The average molecular weight is 261 g/mol. The molecule has 4 heteroatoms. The van der Waals surface area contributed by atoms with Crippen LogP contribution in [0.15, 0.2) is 0 Å². The highest BCUT2D eigenvalue weighted by Gasteiger charge is 2.52. The molecule has 2 rings (SSSR count). The van der Waals surface area contributed by atoms with Gasteiger partial charge in [0.1, 0.15) is 0 Å². The highest BCUT2D eigenvalue weighted by atomic mass is 32.2. The lowest BCUT2D eigenvalue weighted by molar-refractivity contribution is 0.0388. The molecule has 0 aromatic rings. The van der Waals surface area contributed by atoms with Gasteiger partial charge in [0.15, 0.2) is 4.27 Å². The summed E-state index contributed by atoms with van der Waals surface area (Å²) in [7, 11) is 1.87. The molecule has 2 aliphatic rings. The maximum atomic E-state index is 5.93. The zero-order valence-electron chi connectivity index (χ0n) is 10.5. The smallest absolute Gasteiger partial charge is 0.177 e. The van der Waals surface area contributed by atoms with Crippen molar-refractivity contribution in [2.24, 2.45) is 0 Å². The molecule has 0 aromatic carbocycles. The second-order valence-corrected chi connectivity index (χ2v) is 7.88. The van der Waals surface area contributed by atoms with Crippen LogP contribution in [0.4, 0.5) is 0 Å². The molecule has 2 nitrogen and oxygen atoms in total. The summed E-state index contributed by atoms with van der Waals surface area (Å²) in [5, 5.41) is 3.79. The van der Waals surface area contributed by atoms with Crippen LogP contribution in [0.3, 0.4) is 0 Å². The van der Waals surface area contributed by atoms with Gasteiger partial charge in [-0.2, -0.15) is 0 Å². The van der Waals surface area contributed by atoms with Gasteiger partial charge in [-0.05, 0) is 51.0 Å². The van der Waals surface area contributed by atoms with Gasteiger partial charge in [0.2, 0.25) is 0 Å². The second kappa shape index (κ2) is 5.09. The lowest BCUT2D eigenvalue weighted by Crippen LogP contribution is -2.63. The molecule has 0 radical (unpaired) electrons. The quantitative estimate of drug-likeness (QED) is 0.824. The fourth-order valence-corrected chi connectivity index (χ4v) is 6.19. The van der Waals surface area contributed by atoms with Crippen molar-refractivity contribution in [2.45, 2.75) is 55.4 Å². The van der Waals surface area contributed by atoms with Crippen LogP contribution in [-0.4, -0.2) is 34.5 Å². The first kappa shape index (κ1) is 13.1. The number of piperidine rings is 1. The molecule has 0 aromatic heterocycles. The fraction of sp³-hybridized carbons (Fsp3) is 1.00. The lowest BCUT2D eigenvalue weighted by Gasteiger charge is -2.52. The zero-order chi connectivity index (χ0) is 11.6. The largest absolute Gasteiger partial charge is 0.356 e. The van der Waals surface area contributed by atoms with Crippen LogP contribution in [0, 0.1) is 0 Å². The van der Waals surface area contributed by atoms with Crippen molar-refractivity contribution in [3.05, 3.63) is 0 Å². The third kappa shape index (κ3) is 2.26. The van der Waals surface area contributed by atoms with Gasteiger partial charge < -0.3 is 10.1 Å². The minimum atomic E-state index is -0.0695. The highest BCUT2D eigenvalue weighted by Crippen LogP contribution is 2.52. The van der Waals surface area contributed by atoms with E-state index < -0.39 is 0 Å². The van der Waals surface area contributed by atoms with Crippen molar-refractivity contribution in [3.63, 3.8) is 0 Å². The molecule has 0 bridgehead atoms. The van der Waals surface area contributed by atoms with Crippen LogP contribution >= 0.6 is 23.5 Å². The number of thioether (sulfide) groups is 2. The number of nitrogens with one attached hydrogen (secondary N) is 1. The van der Waals surface area contributed by atoms with E-state index in [2.05, 4.69) is 19.2 Å². The van der Waals surface area contributed by atoms with E-state index >= 15 is 0 Å². The van der Waals surface area contributed by atoms with Crippen molar-refractivity contribution < 1.29 is 4.74 Å². The number of hydrogen-bond donors (Lipinski definition) is 1. The Morgan fingerprint density at radius 3 is 2.50 bits per heavy atom. The molecule has 2 heterocycles. The summed E-state index contributed by atoms with van der Waals surface area (Å²) in [5.74, 6) is 2.46. The topological polar surface area (TPSA) is 21.3 Å². The van der Waals surface area contributed by atoms with E-state index in [1.807, 2.05) is 30.6 Å². The van der Waals surface area contributed by atoms with E-state index in [4.69, 9.17) is 4.74 Å². The number of rotatable bonds is 2. The summed E-state index contributed by atoms with van der Waals surface area (Å²) >= 11 is 3.99. The van der Waals surface area contributed by atoms with Crippen molar-refractivity contribution in [1.82, 2.24) is 5.32 Å². The zero-order valence-corrected chi connectivity index (χ0v) is 12.2. The predicted octanol–water partition coefficient (Wildman–Crippen LogP) is 3.08. The van der Waals surface area contributed by atoms with Gasteiger partial charge in [-0.15, -0.1) is 23.5 Å². The summed E-state index contributed by atoms with van der Waals surface area (Å²) in [4.78, 5) is 0. The lowest BCUT2D eigenvalue weighted by atomic mass is 9.88. The van der Waals surface area contributed by atoms with Gasteiger partial charge in [-0.3, -0.25) is 0 Å². The van der Waals surface area contributed by atoms with Crippen LogP contribution in [0.2, 0.25) is 0 Å². The van der Waals surface area contributed by atoms with E-state index in [-0.39, 0.29) is 9.80 Å². The molecule has 2 saturated heterocycles. The maximum Gasteiger partial charge on any atom is 0.177 e. The molecule has 0 amide bonds. The summed E-state index contributed by atoms with van der Waals surface area (Å²) in [6.07, 6.45) is 5.15. The van der Waals surface area contributed by atoms with Gasteiger partial charge in [0.05, 0.1) is 5.54 Å². The van der Waals surface area contributed by atoms with E-state index in [0.717, 1.165) is 0 Å². The van der Waals surface area contributed by atoms with Crippen molar-refractivity contribution >= 4 is 23.5 Å². The van der Waals surface area contributed by atoms with Gasteiger partial charge in [-0.25, -0.2) is 0 Å². The van der Waals surface area contributed by atoms with Gasteiger partial charge in [0, 0.05) is 13.2 Å². The molecule has 2 fully saturated rings. The normalized spacial score (nSPS) is 39.6. The fourth-order valence-electron chi connectivity index (χ4n) is 2.87. The molecule has 0 saturated carbocycles. The third-order valence-electron chi connectivity index (χ3n) is 3.70. The van der Waals surface area contributed by atoms with Crippen molar-refractivity contribution in [3.8, 4) is 0 Å². The molecule has 2 atom stereocenters. The summed E-state index contributed by atoms with van der Waals surface area (Å²) in [5.41, 5.74) is 0.120. The van der Waals surface area contributed by atoms with Crippen LogP contribution < -0.4 is 5.32 Å². The Hall–Kier alpha value is 0.620. The predicted molar refractivity (Wildman–Crippen MR) is 74.1 cm³/mol. The minimum Gasteiger partial charge on any atom is -0.356 e.